The molecule has 0 radical (unpaired) electrons. The average Bonchev–Trinajstić information content (AvgIpc) is 2.83. The van der Waals surface area contributed by atoms with Gasteiger partial charge in [0, 0.05) is 43.1 Å². The van der Waals surface area contributed by atoms with Crippen molar-refractivity contribution < 1.29 is 0 Å². The Kier molecular flexibility index (Phi) is 5.01. The molecular formula is C23H26N4O. The summed E-state index contributed by atoms with van der Waals surface area (Å²) in [6, 6.07) is 16.2. The third-order valence-electron chi connectivity index (χ3n) is 5.49. The number of aliphatic imine (C=N–C) groups is 1. The number of benzene rings is 1. The minimum absolute atomic E-state index is 0.0877. The first-order valence-corrected chi connectivity index (χ1v) is 9.74. The number of aromatic nitrogens is 1. The van der Waals surface area contributed by atoms with Gasteiger partial charge in [-0.1, -0.05) is 30.3 Å². The Morgan fingerprint density at radius 2 is 1.79 bits per heavy atom. The number of likely N-dealkylation sites (N-methyl/N-ethyl adjacent to an activating group) is 1. The summed E-state index contributed by atoms with van der Waals surface area (Å²) in [5.41, 5.74) is 6.26. The molecule has 0 aromatic heterocycles. The van der Waals surface area contributed by atoms with Gasteiger partial charge in [-0.3, -0.25) is 9.79 Å². The zero-order chi connectivity index (χ0) is 19.7. The molecule has 4 rings (SSSR count). The number of hydrogen-bond donors (Lipinski definition) is 1. The molecule has 2 aliphatic heterocycles. The highest BCUT2D eigenvalue weighted by molar-refractivity contribution is 6.05. The predicted octanol–water partition coefficient (Wildman–Crippen LogP) is 3.68. The highest BCUT2D eigenvalue weighted by Crippen LogP contribution is 2.28. The summed E-state index contributed by atoms with van der Waals surface area (Å²) in [6.45, 7) is 8.15. The van der Waals surface area contributed by atoms with E-state index in [9.17, 15) is 4.79 Å². The molecule has 1 N–H and O–H groups in total. The highest BCUT2D eigenvalue weighted by Gasteiger charge is 2.18. The van der Waals surface area contributed by atoms with Crippen molar-refractivity contribution in [3.05, 3.63) is 70.0 Å². The van der Waals surface area contributed by atoms with Crippen LogP contribution < -0.4 is 10.5 Å². The van der Waals surface area contributed by atoms with Gasteiger partial charge in [-0.15, -0.1) is 0 Å². The Labute approximate surface area is 165 Å². The lowest BCUT2D eigenvalue weighted by Crippen LogP contribution is -2.44. The van der Waals surface area contributed by atoms with Crippen LogP contribution in [0.15, 0.2) is 58.3 Å². The van der Waals surface area contributed by atoms with Gasteiger partial charge in [-0.05, 0) is 44.7 Å². The number of piperazine rings is 1. The zero-order valence-corrected chi connectivity index (χ0v) is 16.7. The van der Waals surface area contributed by atoms with E-state index in [0.717, 1.165) is 54.4 Å². The van der Waals surface area contributed by atoms with E-state index in [2.05, 4.69) is 47.0 Å². The van der Waals surface area contributed by atoms with Crippen molar-refractivity contribution in [1.82, 2.24) is 9.88 Å². The second kappa shape index (κ2) is 7.60. The molecule has 5 heteroatoms. The van der Waals surface area contributed by atoms with E-state index >= 15 is 0 Å². The monoisotopic (exact) mass is 374 g/mol. The minimum atomic E-state index is -0.0877. The molecule has 1 fully saturated rings. The van der Waals surface area contributed by atoms with Gasteiger partial charge in [0.15, 0.2) is 0 Å². The fourth-order valence-corrected chi connectivity index (χ4v) is 3.76. The SMILES string of the molecule is CC(=Nc1cc(N2CCN(C)CC2)ccc1C)c1c2cccccc-2[nH]c1=O. The third-order valence-corrected chi connectivity index (χ3v) is 5.49. The molecule has 1 aromatic carbocycles. The van der Waals surface area contributed by atoms with Gasteiger partial charge in [0.05, 0.1) is 17.0 Å². The van der Waals surface area contributed by atoms with Crippen molar-refractivity contribution in [2.45, 2.75) is 13.8 Å². The topological polar surface area (TPSA) is 51.7 Å². The fourth-order valence-electron chi connectivity index (χ4n) is 3.76. The average molecular weight is 374 g/mol. The van der Waals surface area contributed by atoms with E-state index in [1.807, 2.05) is 37.3 Å². The smallest absolute Gasteiger partial charge is 0.258 e. The molecule has 1 saturated heterocycles. The molecule has 144 valence electrons. The van der Waals surface area contributed by atoms with Gasteiger partial charge in [-0.2, -0.15) is 0 Å². The maximum absolute atomic E-state index is 12.6. The molecule has 2 heterocycles. The molecule has 0 unspecified atom stereocenters. The lowest BCUT2D eigenvalue weighted by molar-refractivity contribution is 0.313. The third kappa shape index (κ3) is 3.58. The zero-order valence-electron chi connectivity index (χ0n) is 16.7. The van der Waals surface area contributed by atoms with Gasteiger partial charge >= 0.3 is 0 Å². The van der Waals surface area contributed by atoms with Gasteiger partial charge in [0.25, 0.3) is 5.56 Å². The summed E-state index contributed by atoms with van der Waals surface area (Å²) in [6.07, 6.45) is 0. The molecule has 5 nitrogen and oxygen atoms in total. The van der Waals surface area contributed by atoms with Crippen LogP contribution >= 0.6 is 0 Å². The second-order valence-corrected chi connectivity index (χ2v) is 7.53. The molecule has 1 aromatic rings. The van der Waals surface area contributed by atoms with Crippen LogP contribution in [0.2, 0.25) is 0 Å². The summed E-state index contributed by atoms with van der Waals surface area (Å²) >= 11 is 0. The van der Waals surface area contributed by atoms with Crippen LogP contribution in [0, 0.1) is 6.92 Å². The number of rotatable bonds is 3. The predicted molar refractivity (Wildman–Crippen MR) is 116 cm³/mol. The summed E-state index contributed by atoms with van der Waals surface area (Å²) in [4.78, 5) is 25.1. The summed E-state index contributed by atoms with van der Waals surface area (Å²) in [7, 11) is 2.16. The van der Waals surface area contributed by atoms with E-state index in [-0.39, 0.29) is 5.56 Å². The number of aromatic amines is 1. The second-order valence-electron chi connectivity index (χ2n) is 7.53. The van der Waals surface area contributed by atoms with Crippen LogP contribution in [-0.4, -0.2) is 48.8 Å². The Bertz CT molecular complexity index is 1040. The van der Waals surface area contributed by atoms with Crippen LogP contribution in [0.4, 0.5) is 11.4 Å². The largest absolute Gasteiger partial charge is 0.369 e. The fraction of sp³-hybridized carbons (Fsp3) is 0.304. The molecule has 0 atom stereocenters. The maximum Gasteiger partial charge on any atom is 0.258 e. The number of hydrogen-bond acceptors (Lipinski definition) is 4. The normalized spacial score (nSPS) is 16.0. The van der Waals surface area contributed by atoms with E-state index in [0.29, 0.717) is 5.56 Å². The number of nitrogens with one attached hydrogen (secondary N) is 1. The molecular weight excluding hydrogens is 348 g/mol. The van der Waals surface area contributed by atoms with Crippen molar-refractivity contribution in [3.8, 4) is 11.3 Å². The lowest BCUT2D eigenvalue weighted by Gasteiger charge is -2.34. The summed E-state index contributed by atoms with van der Waals surface area (Å²) in [5.74, 6) is 0. The first-order valence-electron chi connectivity index (χ1n) is 9.74. The molecule has 28 heavy (non-hydrogen) atoms. The minimum Gasteiger partial charge on any atom is -0.369 e. The number of H-pyrrole nitrogens is 1. The molecule has 3 aliphatic rings. The van der Waals surface area contributed by atoms with E-state index < -0.39 is 0 Å². The Morgan fingerprint density at radius 3 is 2.57 bits per heavy atom. The first-order chi connectivity index (χ1) is 13.5. The Hall–Kier alpha value is -2.92. The van der Waals surface area contributed by atoms with Crippen molar-refractivity contribution in [1.29, 1.82) is 0 Å². The van der Waals surface area contributed by atoms with E-state index in [1.54, 1.807) is 0 Å². The van der Waals surface area contributed by atoms with Crippen molar-refractivity contribution in [2.24, 2.45) is 4.99 Å². The molecule has 0 spiro atoms. The first kappa shape index (κ1) is 18.4. The number of nitrogens with zero attached hydrogens (tertiary/aromatic N) is 3. The lowest BCUT2D eigenvalue weighted by atomic mass is 10.1. The summed E-state index contributed by atoms with van der Waals surface area (Å²) in [5, 5.41) is 0. The van der Waals surface area contributed by atoms with Gasteiger partial charge < -0.3 is 14.8 Å². The number of fused-ring (bicyclic) bond motifs is 1. The van der Waals surface area contributed by atoms with Crippen LogP contribution in [0.25, 0.3) is 11.3 Å². The van der Waals surface area contributed by atoms with Crippen molar-refractivity contribution >= 4 is 17.1 Å². The van der Waals surface area contributed by atoms with Gasteiger partial charge in [-0.25, -0.2) is 0 Å². The highest BCUT2D eigenvalue weighted by atomic mass is 16.1. The molecule has 1 aliphatic carbocycles. The van der Waals surface area contributed by atoms with E-state index in [4.69, 9.17) is 4.99 Å². The Morgan fingerprint density at radius 1 is 1.04 bits per heavy atom. The number of anilines is 1. The van der Waals surface area contributed by atoms with Crippen LogP contribution in [0.5, 0.6) is 0 Å². The molecule has 0 amide bonds. The van der Waals surface area contributed by atoms with Crippen molar-refractivity contribution in [3.63, 3.8) is 0 Å². The van der Waals surface area contributed by atoms with E-state index in [1.165, 1.54) is 5.69 Å². The summed E-state index contributed by atoms with van der Waals surface area (Å²) < 4.78 is 0. The molecule has 0 bridgehead atoms. The molecule has 0 saturated carbocycles. The number of aryl methyl sites for hydroxylation is 1. The van der Waals surface area contributed by atoms with Crippen LogP contribution in [0.3, 0.4) is 0 Å². The maximum atomic E-state index is 12.6. The standard InChI is InChI=1S/C23H26N4O/c1-16-9-10-18(27-13-11-26(3)12-14-27)15-21(16)24-17(2)22-19-7-5-4-6-8-20(19)25-23(22)28/h4-10,15H,11-14H2,1-3H3,(H,25,28). The van der Waals surface area contributed by atoms with Gasteiger partial charge in [0.1, 0.15) is 0 Å². The van der Waals surface area contributed by atoms with Gasteiger partial charge in [0.2, 0.25) is 0 Å². The van der Waals surface area contributed by atoms with Crippen molar-refractivity contribution in [2.75, 3.05) is 38.1 Å². The quantitative estimate of drug-likeness (QED) is 0.712. The Balaban J connectivity index is 1.71. The van der Waals surface area contributed by atoms with Crippen LogP contribution in [-0.2, 0) is 0 Å². The van der Waals surface area contributed by atoms with Crippen LogP contribution in [0.1, 0.15) is 18.1 Å².